The second-order valence-electron chi connectivity index (χ2n) is 2.87. The van der Waals surface area contributed by atoms with Crippen molar-refractivity contribution in [1.29, 1.82) is 5.26 Å². The first-order valence-corrected chi connectivity index (χ1v) is 4.13. The van der Waals surface area contributed by atoms with Gasteiger partial charge in [-0.15, -0.1) is 0 Å². The first kappa shape index (κ1) is 9.53. The van der Waals surface area contributed by atoms with Crippen molar-refractivity contribution in [1.82, 2.24) is 0 Å². The molecule has 1 unspecified atom stereocenters. The van der Waals surface area contributed by atoms with Gasteiger partial charge in [0.15, 0.2) is 0 Å². The van der Waals surface area contributed by atoms with E-state index in [1.165, 1.54) is 6.07 Å². The highest BCUT2D eigenvalue weighted by molar-refractivity contribution is 5.42. The molecule has 0 fully saturated rings. The molecule has 2 nitrogen and oxygen atoms in total. The molecule has 1 aromatic rings. The summed E-state index contributed by atoms with van der Waals surface area (Å²) >= 11 is 0. The van der Waals surface area contributed by atoms with Gasteiger partial charge in [0.1, 0.15) is 5.82 Å². The number of rotatable bonds is 2. The average molecular weight is 178 g/mol. The lowest BCUT2D eigenvalue weighted by atomic mass is 9.97. The van der Waals surface area contributed by atoms with Crippen LogP contribution in [0.5, 0.6) is 0 Å². The van der Waals surface area contributed by atoms with Crippen molar-refractivity contribution in [3.8, 4) is 6.07 Å². The van der Waals surface area contributed by atoms with Gasteiger partial charge in [-0.05, 0) is 18.6 Å². The molecular weight excluding hydrogens is 167 g/mol. The van der Waals surface area contributed by atoms with Gasteiger partial charge in [-0.1, -0.05) is 13.0 Å². The number of halogens is 1. The van der Waals surface area contributed by atoms with E-state index in [2.05, 4.69) is 0 Å². The summed E-state index contributed by atoms with van der Waals surface area (Å²) in [4.78, 5) is 0. The van der Waals surface area contributed by atoms with Crippen LogP contribution in [0.25, 0.3) is 0 Å². The maximum absolute atomic E-state index is 13.2. The Morgan fingerprint density at radius 2 is 2.31 bits per heavy atom. The van der Waals surface area contributed by atoms with Gasteiger partial charge in [-0.2, -0.15) is 5.26 Å². The molecule has 13 heavy (non-hydrogen) atoms. The average Bonchev–Trinajstić information content (AvgIpc) is 2.10. The summed E-state index contributed by atoms with van der Waals surface area (Å²) in [6.45, 7) is 1.85. The Bertz CT molecular complexity index is 341. The van der Waals surface area contributed by atoms with Gasteiger partial charge in [-0.3, -0.25) is 0 Å². The van der Waals surface area contributed by atoms with Crippen LogP contribution in [0.1, 0.15) is 24.8 Å². The van der Waals surface area contributed by atoms with E-state index >= 15 is 0 Å². The SMILES string of the molecule is CCC(C#N)c1ccc(N)cc1F. The third-order valence-electron chi connectivity index (χ3n) is 1.96. The predicted octanol–water partition coefficient (Wildman–Crippen LogP) is 2.43. The number of benzene rings is 1. The largest absolute Gasteiger partial charge is 0.399 e. The van der Waals surface area contributed by atoms with Crippen LogP contribution in [0.2, 0.25) is 0 Å². The number of anilines is 1. The first-order valence-electron chi connectivity index (χ1n) is 4.13. The van der Waals surface area contributed by atoms with Crippen LogP contribution in [-0.4, -0.2) is 0 Å². The molecule has 3 heteroatoms. The molecule has 0 bridgehead atoms. The maximum Gasteiger partial charge on any atom is 0.129 e. The van der Waals surface area contributed by atoms with Gasteiger partial charge in [0.2, 0.25) is 0 Å². The van der Waals surface area contributed by atoms with Crippen molar-refractivity contribution in [2.45, 2.75) is 19.3 Å². The number of hydrogen-bond acceptors (Lipinski definition) is 2. The van der Waals surface area contributed by atoms with Gasteiger partial charge < -0.3 is 5.73 Å². The molecule has 0 saturated carbocycles. The highest BCUT2D eigenvalue weighted by Crippen LogP contribution is 2.22. The molecule has 0 spiro atoms. The summed E-state index contributed by atoms with van der Waals surface area (Å²) in [5, 5.41) is 8.73. The molecule has 1 atom stereocenters. The molecule has 0 aromatic heterocycles. The predicted molar refractivity (Wildman–Crippen MR) is 49.5 cm³/mol. The fourth-order valence-corrected chi connectivity index (χ4v) is 1.21. The lowest BCUT2D eigenvalue weighted by molar-refractivity contribution is 0.598. The van der Waals surface area contributed by atoms with E-state index in [9.17, 15) is 4.39 Å². The molecule has 1 aromatic carbocycles. The number of nitriles is 1. The van der Waals surface area contributed by atoms with Crippen LogP contribution in [0, 0.1) is 17.1 Å². The number of nitrogens with zero attached hydrogens (tertiary/aromatic N) is 1. The quantitative estimate of drug-likeness (QED) is 0.707. The second kappa shape index (κ2) is 3.90. The minimum absolute atomic E-state index is 0.374. The Labute approximate surface area is 76.8 Å². The van der Waals surface area contributed by atoms with E-state index < -0.39 is 5.82 Å². The Kier molecular flexibility index (Phi) is 2.86. The zero-order chi connectivity index (χ0) is 9.84. The van der Waals surface area contributed by atoms with Gasteiger partial charge in [0, 0.05) is 11.3 Å². The van der Waals surface area contributed by atoms with Crippen molar-refractivity contribution >= 4 is 5.69 Å². The Hall–Kier alpha value is -1.56. The van der Waals surface area contributed by atoms with Crippen LogP contribution in [0.15, 0.2) is 18.2 Å². The van der Waals surface area contributed by atoms with Crippen LogP contribution >= 0.6 is 0 Å². The van der Waals surface area contributed by atoms with E-state index in [0.29, 0.717) is 17.7 Å². The minimum atomic E-state index is -0.395. The molecular formula is C10H11FN2. The highest BCUT2D eigenvalue weighted by atomic mass is 19.1. The normalized spacial score (nSPS) is 12.1. The lowest BCUT2D eigenvalue weighted by Crippen LogP contribution is -1.98. The molecule has 0 radical (unpaired) electrons. The van der Waals surface area contributed by atoms with Crippen molar-refractivity contribution < 1.29 is 4.39 Å². The molecule has 0 heterocycles. The smallest absolute Gasteiger partial charge is 0.129 e. The first-order chi connectivity index (χ1) is 6.19. The Morgan fingerprint density at radius 1 is 1.62 bits per heavy atom. The van der Waals surface area contributed by atoms with E-state index in [1.54, 1.807) is 12.1 Å². The van der Waals surface area contributed by atoms with Crippen molar-refractivity contribution in [3.63, 3.8) is 0 Å². The summed E-state index contributed by atoms with van der Waals surface area (Å²) in [5.41, 5.74) is 6.20. The van der Waals surface area contributed by atoms with Crippen molar-refractivity contribution in [3.05, 3.63) is 29.6 Å². The molecule has 0 aliphatic heterocycles. The lowest BCUT2D eigenvalue weighted by Gasteiger charge is -2.07. The Morgan fingerprint density at radius 3 is 2.77 bits per heavy atom. The zero-order valence-corrected chi connectivity index (χ0v) is 7.42. The van der Waals surface area contributed by atoms with Crippen LogP contribution in [0.4, 0.5) is 10.1 Å². The molecule has 1 rings (SSSR count). The fraction of sp³-hybridized carbons (Fsp3) is 0.300. The Balaban J connectivity index is 3.09. The fourth-order valence-electron chi connectivity index (χ4n) is 1.21. The van der Waals surface area contributed by atoms with Gasteiger partial charge in [0.25, 0.3) is 0 Å². The zero-order valence-electron chi connectivity index (χ0n) is 7.42. The highest BCUT2D eigenvalue weighted by Gasteiger charge is 2.12. The molecule has 2 N–H and O–H groups in total. The maximum atomic E-state index is 13.2. The standard InChI is InChI=1S/C10H11FN2/c1-2-7(6-12)9-4-3-8(13)5-10(9)11/h3-5,7H,2,13H2,1H3. The molecule has 0 aliphatic rings. The van der Waals surface area contributed by atoms with Crippen molar-refractivity contribution in [2.75, 3.05) is 5.73 Å². The van der Waals surface area contributed by atoms with Crippen LogP contribution in [-0.2, 0) is 0 Å². The monoisotopic (exact) mass is 178 g/mol. The van der Waals surface area contributed by atoms with Crippen molar-refractivity contribution in [2.24, 2.45) is 0 Å². The third kappa shape index (κ3) is 1.97. The van der Waals surface area contributed by atoms with Gasteiger partial charge >= 0.3 is 0 Å². The third-order valence-corrected chi connectivity index (χ3v) is 1.96. The van der Waals surface area contributed by atoms with Crippen LogP contribution in [0.3, 0.4) is 0 Å². The second-order valence-corrected chi connectivity index (χ2v) is 2.87. The van der Waals surface area contributed by atoms with Crippen LogP contribution < -0.4 is 5.73 Å². The molecule has 68 valence electrons. The molecule has 0 saturated heterocycles. The summed E-state index contributed by atoms with van der Waals surface area (Å²) < 4.78 is 13.2. The van der Waals surface area contributed by atoms with Gasteiger partial charge in [0.05, 0.1) is 12.0 Å². The number of nitrogen functional groups attached to an aromatic ring is 1. The van der Waals surface area contributed by atoms with E-state index in [4.69, 9.17) is 11.0 Å². The van der Waals surface area contributed by atoms with Gasteiger partial charge in [-0.25, -0.2) is 4.39 Å². The van der Waals surface area contributed by atoms with E-state index in [0.717, 1.165) is 0 Å². The van der Waals surface area contributed by atoms with E-state index in [-0.39, 0.29) is 5.92 Å². The summed E-state index contributed by atoms with van der Waals surface area (Å²) in [5.74, 6) is -0.769. The van der Waals surface area contributed by atoms with E-state index in [1.807, 2.05) is 13.0 Å². The molecule has 0 amide bonds. The minimum Gasteiger partial charge on any atom is -0.399 e. The summed E-state index contributed by atoms with van der Waals surface area (Å²) in [6, 6.07) is 6.47. The number of hydrogen-bond donors (Lipinski definition) is 1. The molecule has 0 aliphatic carbocycles. The summed E-state index contributed by atoms with van der Waals surface area (Å²) in [7, 11) is 0. The number of nitrogens with two attached hydrogens (primary N) is 1. The topological polar surface area (TPSA) is 49.8 Å². The summed E-state index contributed by atoms with van der Waals surface area (Å²) in [6.07, 6.45) is 0.608.